The van der Waals surface area contributed by atoms with Crippen molar-refractivity contribution in [2.75, 3.05) is 4.90 Å². The predicted molar refractivity (Wildman–Crippen MR) is 233 cm³/mol. The number of aromatic nitrogens is 2. The summed E-state index contributed by atoms with van der Waals surface area (Å²) in [5.74, 6) is 0. The molecule has 0 aliphatic carbocycles. The lowest BCUT2D eigenvalue weighted by molar-refractivity contribution is 0.667. The summed E-state index contributed by atoms with van der Waals surface area (Å²) in [6.07, 6.45) is 4.22. The second kappa shape index (κ2) is 13.1. The zero-order chi connectivity index (χ0) is 37.0. The summed E-state index contributed by atoms with van der Waals surface area (Å²) in [5.41, 5.74) is 14.4. The highest BCUT2D eigenvalue weighted by Gasteiger charge is 2.17. The fourth-order valence-corrected chi connectivity index (χ4v) is 8.25. The molecule has 56 heavy (non-hydrogen) atoms. The molecule has 11 rings (SSSR count). The van der Waals surface area contributed by atoms with Crippen LogP contribution in [0.25, 0.3) is 77.4 Å². The Morgan fingerprint density at radius 2 is 0.875 bits per heavy atom. The molecule has 4 heteroatoms. The minimum atomic E-state index is 0.892. The summed E-state index contributed by atoms with van der Waals surface area (Å²) in [7, 11) is 0. The zero-order valence-corrected chi connectivity index (χ0v) is 30.5. The van der Waals surface area contributed by atoms with E-state index in [0.29, 0.717) is 0 Å². The van der Waals surface area contributed by atoms with Crippen LogP contribution in [0.2, 0.25) is 0 Å². The summed E-state index contributed by atoms with van der Waals surface area (Å²) >= 11 is 0. The van der Waals surface area contributed by atoms with Gasteiger partial charge in [0, 0.05) is 56.2 Å². The van der Waals surface area contributed by atoms with Crippen molar-refractivity contribution in [3.05, 3.63) is 213 Å². The third-order valence-electron chi connectivity index (χ3n) is 11.0. The molecule has 0 fully saturated rings. The smallest absolute Gasteiger partial charge is 0.153 e. The molecule has 11 aromatic rings. The third-order valence-corrected chi connectivity index (χ3v) is 11.0. The standard InChI is InChI=1S/C52H35N3O/c1-2-11-36(12-3-1)37-23-27-41(28-24-37)54(42-29-31-43(32-30-42)55-49-18-7-4-15-45(49)46-16-5-8-19-50(46)55)44-14-10-13-39(33-44)38-21-25-40(26-22-38)53-34-48-47-17-6-9-20-51(47)56-52(48)35-53/h1-35H. The zero-order valence-electron chi connectivity index (χ0n) is 30.5. The van der Waals surface area contributed by atoms with Gasteiger partial charge in [-0.15, -0.1) is 0 Å². The van der Waals surface area contributed by atoms with Gasteiger partial charge < -0.3 is 18.5 Å². The maximum absolute atomic E-state index is 6.12. The lowest BCUT2D eigenvalue weighted by Gasteiger charge is -2.26. The average molecular weight is 718 g/mol. The molecule has 264 valence electrons. The number of nitrogens with zero attached hydrogens (tertiary/aromatic N) is 3. The molecular weight excluding hydrogens is 683 g/mol. The van der Waals surface area contributed by atoms with E-state index in [0.717, 1.165) is 61.5 Å². The van der Waals surface area contributed by atoms with Crippen LogP contribution in [0.15, 0.2) is 217 Å². The van der Waals surface area contributed by atoms with Gasteiger partial charge >= 0.3 is 0 Å². The fourth-order valence-electron chi connectivity index (χ4n) is 8.25. The SMILES string of the molecule is c1ccc(-c2ccc(N(c3ccc(-n4c5ccccc5c5ccccc54)cc3)c3cccc(-c4ccc(-n5cc6oc7ccccc7c6c5)cc4)c3)cc2)cc1. The van der Waals surface area contributed by atoms with Gasteiger partial charge in [-0.3, -0.25) is 0 Å². The van der Waals surface area contributed by atoms with Crippen LogP contribution in [-0.2, 0) is 0 Å². The van der Waals surface area contributed by atoms with Crippen LogP contribution in [0.5, 0.6) is 0 Å². The maximum Gasteiger partial charge on any atom is 0.153 e. The molecule has 4 nitrogen and oxygen atoms in total. The first-order chi connectivity index (χ1) is 27.7. The molecule has 0 saturated heterocycles. The number of hydrogen-bond donors (Lipinski definition) is 0. The van der Waals surface area contributed by atoms with Crippen LogP contribution in [0.1, 0.15) is 0 Å². The summed E-state index contributed by atoms with van der Waals surface area (Å²) < 4.78 is 10.6. The molecule has 0 spiro atoms. The summed E-state index contributed by atoms with van der Waals surface area (Å²) in [4.78, 5) is 2.35. The Balaban J connectivity index is 0.970. The van der Waals surface area contributed by atoms with Crippen molar-refractivity contribution in [2.45, 2.75) is 0 Å². The van der Waals surface area contributed by atoms with E-state index in [-0.39, 0.29) is 0 Å². The highest BCUT2D eigenvalue weighted by molar-refractivity contribution is 6.09. The van der Waals surface area contributed by atoms with Crippen molar-refractivity contribution in [1.82, 2.24) is 9.13 Å². The topological polar surface area (TPSA) is 26.2 Å². The van der Waals surface area contributed by atoms with E-state index in [4.69, 9.17) is 4.42 Å². The molecule has 8 aromatic carbocycles. The largest absolute Gasteiger partial charge is 0.454 e. The van der Waals surface area contributed by atoms with Crippen molar-refractivity contribution in [3.63, 3.8) is 0 Å². The number of anilines is 3. The second-order valence-corrected chi connectivity index (χ2v) is 14.3. The van der Waals surface area contributed by atoms with Gasteiger partial charge in [-0.25, -0.2) is 0 Å². The highest BCUT2D eigenvalue weighted by Crippen LogP contribution is 2.39. The van der Waals surface area contributed by atoms with Crippen LogP contribution >= 0.6 is 0 Å². The number of fused-ring (bicyclic) bond motifs is 6. The number of hydrogen-bond acceptors (Lipinski definition) is 2. The lowest BCUT2D eigenvalue weighted by atomic mass is 10.0. The quantitative estimate of drug-likeness (QED) is 0.164. The monoisotopic (exact) mass is 717 g/mol. The number of furan rings is 1. The van der Waals surface area contributed by atoms with Crippen molar-refractivity contribution in [1.29, 1.82) is 0 Å². The van der Waals surface area contributed by atoms with E-state index in [1.54, 1.807) is 0 Å². The van der Waals surface area contributed by atoms with Crippen LogP contribution in [0, 0.1) is 0 Å². The van der Waals surface area contributed by atoms with Gasteiger partial charge in [-0.1, -0.05) is 121 Å². The number of benzene rings is 8. The summed E-state index contributed by atoms with van der Waals surface area (Å²) in [6.45, 7) is 0. The molecule has 0 bridgehead atoms. The molecule has 0 unspecified atom stereocenters. The maximum atomic E-state index is 6.12. The van der Waals surface area contributed by atoms with Crippen molar-refractivity contribution >= 4 is 60.8 Å². The molecule has 0 aliphatic heterocycles. The Kier molecular flexibility index (Phi) is 7.46. The average Bonchev–Trinajstić information content (AvgIpc) is 3.95. The number of rotatable bonds is 7. The predicted octanol–water partition coefficient (Wildman–Crippen LogP) is 14.3. The minimum Gasteiger partial charge on any atom is -0.454 e. The fraction of sp³-hybridized carbons (Fsp3) is 0. The van der Waals surface area contributed by atoms with Gasteiger partial charge in [0.15, 0.2) is 5.58 Å². The van der Waals surface area contributed by atoms with Crippen molar-refractivity contribution in [3.8, 4) is 33.6 Å². The normalized spacial score (nSPS) is 11.6. The van der Waals surface area contributed by atoms with Crippen molar-refractivity contribution in [2.24, 2.45) is 0 Å². The van der Waals surface area contributed by atoms with Crippen LogP contribution in [0.3, 0.4) is 0 Å². The van der Waals surface area contributed by atoms with Gasteiger partial charge in [0.25, 0.3) is 0 Å². The lowest BCUT2D eigenvalue weighted by Crippen LogP contribution is -2.10. The van der Waals surface area contributed by atoms with Crippen LogP contribution in [-0.4, -0.2) is 9.13 Å². The summed E-state index contributed by atoms with van der Waals surface area (Å²) in [6, 6.07) is 71.5. The van der Waals surface area contributed by atoms with E-state index in [1.165, 1.54) is 32.9 Å². The van der Waals surface area contributed by atoms with E-state index < -0.39 is 0 Å². The van der Waals surface area contributed by atoms with Gasteiger partial charge in [-0.2, -0.15) is 0 Å². The van der Waals surface area contributed by atoms with Gasteiger partial charge in [-0.05, 0) is 101 Å². The van der Waals surface area contributed by atoms with Gasteiger partial charge in [0.1, 0.15) is 5.58 Å². The van der Waals surface area contributed by atoms with Crippen LogP contribution in [0.4, 0.5) is 17.1 Å². The summed E-state index contributed by atoms with van der Waals surface area (Å²) in [5, 5.41) is 4.77. The first-order valence-electron chi connectivity index (χ1n) is 19.0. The van der Waals surface area contributed by atoms with E-state index >= 15 is 0 Å². The Morgan fingerprint density at radius 1 is 0.339 bits per heavy atom. The molecule has 0 atom stereocenters. The Labute approximate surface area is 324 Å². The Hall–Kier alpha value is -7.56. The molecule has 0 amide bonds. The highest BCUT2D eigenvalue weighted by atomic mass is 16.3. The first-order valence-corrected chi connectivity index (χ1v) is 19.0. The third kappa shape index (κ3) is 5.39. The van der Waals surface area contributed by atoms with Gasteiger partial charge in [0.05, 0.1) is 17.2 Å². The second-order valence-electron chi connectivity index (χ2n) is 14.3. The van der Waals surface area contributed by atoms with Gasteiger partial charge in [0.2, 0.25) is 0 Å². The molecule has 0 radical (unpaired) electrons. The molecular formula is C52H35N3O. The molecule has 0 N–H and O–H groups in total. The Bertz CT molecular complexity index is 3110. The van der Waals surface area contributed by atoms with Crippen LogP contribution < -0.4 is 4.90 Å². The van der Waals surface area contributed by atoms with E-state index in [9.17, 15) is 0 Å². The molecule has 0 saturated carbocycles. The Morgan fingerprint density at radius 3 is 1.59 bits per heavy atom. The number of para-hydroxylation sites is 3. The molecule has 0 aliphatic rings. The van der Waals surface area contributed by atoms with Crippen molar-refractivity contribution < 1.29 is 4.42 Å². The first kappa shape index (κ1) is 31.9. The molecule has 3 heterocycles. The van der Waals surface area contributed by atoms with E-state index in [2.05, 4.69) is 214 Å². The molecule has 3 aromatic heterocycles. The van der Waals surface area contributed by atoms with E-state index in [1.807, 2.05) is 12.1 Å². The minimum absolute atomic E-state index is 0.892.